The molecule has 0 aliphatic rings. The van der Waals surface area contributed by atoms with Crippen molar-refractivity contribution < 1.29 is 39.3 Å². The fraction of sp³-hybridized carbons (Fsp3) is 0.706. The summed E-state index contributed by atoms with van der Waals surface area (Å²) in [6.45, 7) is 4.11. The lowest BCUT2D eigenvalue weighted by molar-refractivity contribution is -0.144. The predicted octanol–water partition coefficient (Wildman–Crippen LogP) is -2.22. The van der Waals surface area contributed by atoms with Crippen molar-refractivity contribution in [2.75, 3.05) is 6.54 Å². The molecule has 29 heavy (non-hydrogen) atoms. The molecule has 5 atom stereocenters. The Kier molecular flexibility index (Phi) is 11.5. The van der Waals surface area contributed by atoms with Gasteiger partial charge in [0.05, 0.1) is 18.7 Å². The Morgan fingerprint density at radius 3 is 2.00 bits per heavy atom. The van der Waals surface area contributed by atoms with E-state index in [1.165, 1.54) is 6.92 Å². The van der Waals surface area contributed by atoms with Gasteiger partial charge in [-0.15, -0.1) is 0 Å². The van der Waals surface area contributed by atoms with E-state index >= 15 is 0 Å². The molecule has 0 rings (SSSR count). The summed E-state index contributed by atoms with van der Waals surface area (Å²) >= 11 is 0. The quantitative estimate of drug-likeness (QED) is 0.172. The van der Waals surface area contributed by atoms with Crippen molar-refractivity contribution in [2.45, 2.75) is 64.3 Å². The topological polar surface area (TPSA) is 208 Å². The molecular formula is C17H30N4O8. The zero-order valence-electron chi connectivity index (χ0n) is 16.7. The SMILES string of the molecule is CCC(C)C(NC(=O)C(N)CCC(=O)O)C(=O)NCC(=O)NC(C(=O)O)C(C)O. The number of aliphatic hydroxyl groups excluding tert-OH is 1. The second-order valence-corrected chi connectivity index (χ2v) is 6.75. The van der Waals surface area contributed by atoms with E-state index in [4.69, 9.17) is 15.9 Å². The van der Waals surface area contributed by atoms with Gasteiger partial charge in [-0.05, 0) is 19.3 Å². The summed E-state index contributed by atoms with van der Waals surface area (Å²) in [5, 5.41) is 33.8. The number of nitrogens with two attached hydrogens (primary N) is 1. The smallest absolute Gasteiger partial charge is 0.328 e. The van der Waals surface area contributed by atoms with Crippen molar-refractivity contribution in [1.82, 2.24) is 16.0 Å². The van der Waals surface area contributed by atoms with E-state index in [9.17, 15) is 29.1 Å². The third kappa shape index (κ3) is 9.85. The summed E-state index contributed by atoms with van der Waals surface area (Å²) in [6.07, 6.45) is -1.23. The van der Waals surface area contributed by atoms with E-state index in [-0.39, 0.29) is 18.8 Å². The van der Waals surface area contributed by atoms with Crippen LogP contribution in [-0.4, -0.2) is 75.8 Å². The molecule has 0 radical (unpaired) electrons. The molecule has 0 fully saturated rings. The lowest BCUT2D eigenvalue weighted by Crippen LogP contribution is -2.56. The summed E-state index contributed by atoms with van der Waals surface area (Å²) in [6, 6.07) is -3.67. The molecule has 3 amide bonds. The highest BCUT2D eigenvalue weighted by atomic mass is 16.4. The first-order valence-corrected chi connectivity index (χ1v) is 9.16. The second-order valence-electron chi connectivity index (χ2n) is 6.75. The summed E-state index contributed by atoms with van der Waals surface area (Å²) in [5.41, 5.74) is 5.64. The molecule has 0 aromatic rings. The molecule has 0 saturated heterocycles. The molecular weight excluding hydrogens is 388 g/mol. The average Bonchev–Trinajstić information content (AvgIpc) is 2.64. The molecule has 0 heterocycles. The highest BCUT2D eigenvalue weighted by Crippen LogP contribution is 2.09. The number of nitrogens with one attached hydrogen (secondary N) is 3. The Morgan fingerprint density at radius 2 is 1.55 bits per heavy atom. The third-order valence-corrected chi connectivity index (χ3v) is 4.29. The molecule has 0 bridgehead atoms. The molecule has 0 aromatic carbocycles. The number of rotatable bonds is 13. The van der Waals surface area contributed by atoms with E-state index in [1.807, 2.05) is 0 Å². The normalized spacial score (nSPS) is 15.9. The van der Waals surface area contributed by atoms with Gasteiger partial charge in [0.25, 0.3) is 0 Å². The predicted molar refractivity (Wildman–Crippen MR) is 100 cm³/mol. The van der Waals surface area contributed by atoms with Gasteiger partial charge in [-0.2, -0.15) is 0 Å². The summed E-state index contributed by atoms with van der Waals surface area (Å²) in [7, 11) is 0. The van der Waals surface area contributed by atoms with Crippen LogP contribution in [0.25, 0.3) is 0 Å². The van der Waals surface area contributed by atoms with Crippen LogP contribution in [0.15, 0.2) is 0 Å². The average molecular weight is 418 g/mol. The van der Waals surface area contributed by atoms with Crippen LogP contribution in [0.3, 0.4) is 0 Å². The number of carbonyl (C=O) groups excluding carboxylic acids is 3. The van der Waals surface area contributed by atoms with Gasteiger partial charge >= 0.3 is 11.9 Å². The van der Waals surface area contributed by atoms with Crippen LogP contribution >= 0.6 is 0 Å². The Bertz CT molecular complexity index is 610. The van der Waals surface area contributed by atoms with Crippen LogP contribution in [0.4, 0.5) is 0 Å². The first-order chi connectivity index (χ1) is 13.4. The number of carboxylic acids is 2. The van der Waals surface area contributed by atoms with Crippen molar-refractivity contribution in [3.63, 3.8) is 0 Å². The maximum Gasteiger partial charge on any atom is 0.328 e. The monoisotopic (exact) mass is 418 g/mol. The number of carboxylic acid groups (broad SMARTS) is 2. The van der Waals surface area contributed by atoms with Gasteiger partial charge in [0.15, 0.2) is 6.04 Å². The van der Waals surface area contributed by atoms with E-state index in [1.54, 1.807) is 13.8 Å². The van der Waals surface area contributed by atoms with Crippen LogP contribution in [-0.2, 0) is 24.0 Å². The zero-order valence-corrected chi connectivity index (χ0v) is 16.7. The van der Waals surface area contributed by atoms with E-state index in [0.717, 1.165) is 0 Å². The molecule has 0 aliphatic heterocycles. The third-order valence-electron chi connectivity index (χ3n) is 4.29. The Balaban J connectivity index is 4.88. The van der Waals surface area contributed by atoms with Crippen molar-refractivity contribution in [2.24, 2.45) is 11.7 Å². The number of aliphatic hydroxyl groups is 1. The molecule has 166 valence electrons. The lowest BCUT2D eigenvalue weighted by atomic mass is 9.97. The lowest BCUT2D eigenvalue weighted by Gasteiger charge is -2.25. The molecule has 0 saturated carbocycles. The first kappa shape index (κ1) is 26.3. The minimum atomic E-state index is -1.53. The van der Waals surface area contributed by atoms with Crippen molar-refractivity contribution in [3.05, 3.63) is 0 Å². The minimum absolute atomic E-state index is 0.103. The van der Waals surface area contributed by atoms with Gasteiger partial charge < -0.3 is 37.0 Å². The highest BCUT2D eigenvalue weighted by molar-refractivity contribution is 5.92. The molecule has 0 spiro atoms. The Labute approximate surface area is 168 Å². The second kappa shape index (κ2) is 12.7. The summed E-state index contributed by atoms with van der Waals surface area (Å²) in [5.74, 6) is -5.07. The van der Waals surface area contributed by atoms with E-state index in [2.05, 4.69) is 16.0 Å². The summed E-state index contributed by atoms with van der Waals surface area (Å²) in [4.78, 5) is 58.0. The zero-order chi connectivity index (χ0) is 22.7. The fourth-order valence-corrected chi connectivity index (χ4v) is 2.26. The largest absolute Gasteiger partial charge is 0.481 e. The van der Waals surface area contributed by atoms with Crippen LogP contribution in [0.1, 0.15) is 40.0 Å². The van der Waals surface area contributed by atoms with Crippen LogP contribution in [0.5, 0.6) is 0 Å². The van der Waals surface area contributed by atoms with Crippen LogP contribution in [0, 0.1) is 5.92 Å². The molecule has 8 N–H and O–H groups in total. The van der Waals surface area contributed by atoms with Crippen molar-refractivity contribution in [3.8, 4) is 0 Å². The number of hydrogen-bond acceptors (Lipinski definition) is 7. The van der Waals surface area contributed by atoms with Gasteiger partial charge in [0.2, 0.25) is 17.7 Å². The van der Waals surface area contributed by atoms with Gasteiger partial charge in [-0.25, -0.2) is 4.79 Å². The summed E-state index contributed by atoms with van der Waals surface area (Å²) < 4.78 is 0. The molecule has 12 heteroatoms. The number of carbonyl (C=O) groups is 5. The number of aliphatic carboxylic acids is 2. The standard InChI is InChI=1S/C17H30N4O8/c1-4-8(2)13(21-15(26)10(18)5-6-12(24)25)16(27)19-7-11(23)20-14(9(3)22)17(28)29/h8-10,13-14,22H,4-7,18H2,1-3H3,(H,19,27)(H,20,23)(H,21,26)(H,24,25)(H,28,29). The molecule has 12 nitrogen and oxygen atoms in total. The van der Waals surface area contributed by atoms with Crippen LogP contribution in [0.2, 0.25) is 0 Å². The van der Waals surface area contributed by atoms with Gasteiger partial charge in [0.1, 0.15) is 6.04 Å². The maximum absolute atomic E-state index is 12.4. The number of hydrogen-bond donors (Lipinski definition) is 7. The molecule has 5 unspecified atom stereocenters. The highest BCUT2D eigenvalue weighted by Gasteiger charge is 2.29. The van der Waals surface area contributed by atoms with E-state index < -0.39 is 60.4 Å². The van der Waals surface area contributed by atoms with Gasteiger partial charge in [-0.1, -0.05) is 20.3 Å². The van der Waals surface area contributed by atoms with E-state index in [0.29, 0.717) is 6.42 Å². The first-order valence-electron chi connectivity index (χ1n) is 9.16. The maximum atomic E-state index is 12.4. The van der Waals surface area contributed by atoms with Gasteiger partial charge in [0, 0.05) is 6.42 Å². The van der Waals surface area contributed by atoms with Crippen LogP contribution < -0.4 is 21.7 Å². The molecule has 0 aromatic heterocycles. The fourth-order valence-electron chi connectivity index (χ4n) is 2.26. The number of amides is 3. The Hall–Kier alpha value is -2.73. The van der Waals surface area contributed by atoms with Crippen molar-refractivity contribution in [1.29, 1.82) is 0 Å². The molecule has 0 aliphatic carbocycles. The Morgan fingerprint density at radius 1 is 0.966 bits per heavy atom. The minimum Gasteiger partial charge on any atom is -0.481 e. The van der Waals surface area contributed by atoms with Gasteiger partial charge in [-0.3, -0.25) is 19.2 Å². The van der Waals surface area contributed by atoms with Crippen molar-refractivity contribution >= 4 is 29.7 Å².